The average Bonchev–Trinajstić information content (AvgIpc) is 2.56. The molecule has 0 saturated heterocycles. The van der Waals surface area contributed by atoms with Gasteiger partial charge in [0.1, 0.15) is 0 Å². The molecule has 112 valence electrons. The lowest BCUT2D eigenvalue weighted by molar-refractivity contribution is 0.577. The lowest BCUT2D eigenvalue weighted by Crippen LogP contribution is -2.19. The molecule has 2 rings (SSSR count). The first-order chi connectivity index (χ1) is 10.2. The average molecular weight is 282 g/mol. The van der Waals surface area contributed by atoms with Crippen LogP contribution in [0.15, 0.2) is 48.5 Å². The maximum atomic E-state index is 3.41. The van der Waals surface area contributed by atoms with E-state index in [4.69, 9.17) is 0 Å². The summed E-state index contributed by atoms with van der Waals surface area (Å²) in [6, 6.07) is 17.9. The Balaban J connectivity index is 2.35. The van der Waals surface area contributed by atoms with Crippen molar-refractivity contribution in [3.05, 3.63) is 59.7 Å². The first kappa shape index (κ1) is 15.6. The van der Waals surface area contributed by atoms with Crippen molar-refractivity contribution >= 4 is 11.4 Å². The van der Waals surface area contributed by atoms with Crippen molar-refractivity contribution in [2.24, 2.45) is 0 Å². The second-order valence-electron chi connectivity index (χ2n) is 5.39. The number of rotatable bonds is 6. The van der Waals surface area contributed by atoms with Crippen molar-refractivity contribution in [1.29, 1.82) is 0 Å². The summed E-state index contributed by atoms with van der Waals surface area (Å²) in [5.41, 5.74) is 5.22. The fourth-order valence-electron chi connectivity index (χ4n) is 2.76. The van der Waals surface area contributed by atoms with Crippen molar-refractivity contribution in [3.8, 4) is 0 Å². The molecule has 0 aromatic heterocycles. The first-order valence-corrected chi connectivity index (χ1v) is 7.80. The van der Waals surface area contributed by atoms with E-state index in [1.54, 1.807) is 0 Å². The van der Waals surface area contributed by atoms with Gasteiger partial charge in [-0.15, -0.1) is 0 Å². The summed E-state index contributed by atoms with van der Waals surface area (Å²) in [7, 11) is 4.17. The molecule has 0 aliphatic carbocycles. The standard InChI is InChI=1S/C19H26N2/c1-5-15-11-13-16(14-12-15)21(4)19-10-8-7-9-17(19)18(6-2)20-3/h7-14,18,20H,5-6H2,1-4H3. The van der Waals surface area contributed by atoms with Crippen LogP contribution in [0.1, 0.15) is 37.4 Å². The summed E-state index contributed by atoms with van der Waals surface area (Å²) in [6.45, 7) is 4.40. The molecule has 1 unspecified atom stereocenters. The first-order valence-electron chi connectivity index (χ1n) is 7.80. The third kappa shape index (κ3) is 3.45. The number of benzene rings is 2. The van der Waals surface area contributed by atoms with Gasteiger partial charge in [-0.2, -0.15) is 0 Å². The molecule has 1 N–H and O–H groups in total. The molecule has 0 fully saturated rings. The zero-order valence-corrected chi connectivity index (χ0v) is 13.6. The van der Waals surface area contributed by atoms with Crippen LogP contribution in [0.3, 0.4) is 0 Å². The van der Waals surface area contributed by atoms with Crippen LogP contribution in [-0.2, 0) is 6.42 Å². The quantitative estimate of drug-likeness (QED) is 0.827. The molecule has 1 atom stereocenters. The smallest absolute Gasteiger partial charge is 0.0456 e. The molecule has 0 aliphatic heterocycles. The Kier molecular flexibility index (Phi) is 5.40. The number of nitrogens with zero attached hydrogens (tertiary/aromatic N) is 1. The predicted molar refractivity (Wildman–Crippen MR) is 92.4 cm³/mol. The normalized spacial score (nSPS) is 12.2. The van der Waals surface area contributed by atoms with Crippen LogP contribution in [0, 0.1) is 0 Å². The number of aryl methyl sites for hydroxylation is 1. The molecule has 2 aromatic rings. The van der Waals surface area contributed by atoms with Gasteiger partial charge in [-0.05, 0) is 49.2 Å². The lowest BCUT2D eigenvalue weighted by atomic mass is 10.0. The van der Waals surface area contributed by atoms with Crippen LogP contribution < -0.4 is 10.2 Å². The number of para-hydroxylation sites is 1. The molecule has 2 aromatic carbocycles. The summed E-state index contributed by atoms with van der Waals surface area (Å²) in [5.74, 6) is 0. The van der Waals surface area contributed by atoms with E-state index in [9.17, 15) is 0 Å². The van der Waals surface area contributed by atoms with Gasteiger partial charge in [0.25, 0.3) is 0 Å². The van der Waals surface area contributed by atoms with Crippen LogP contribution in [0.5, 0.6) is 0 Å². The van der Waals surface area contributed by atoms with E-state index in [-0.39, 0.29) is 0 Å². The van der Waals surface area contributed by atoms with Gasteiger partial charge < -0.3 is 10.2 Å². The largest absolute Gasteiger partial charge is 0.344 e. The minimum absolute atomic E-state index is 0.388. The summed E-state index contributed by atoms with van der Waals surface area (Å²) in [4.78, 5) is 2.27. The topological polar surface area (TPSA) is 15.3 Å². The van der Waals surface area contributed by atoms with Crippen molar-refractivity contribution in [2.45, 2.75) is 32.7 Å². The van der Waals surface area contributed by atoms with E-state index in [0.29, 0.717) is 6.04 Å². The van der Waals surface area contributed by atoms with Gasteiger partial charge in [0.2, 0.25) is 0 Å². The molecule has 0 heterocycles. The van der Waals surface area contributed by atoms with E-state index < -0.39 is 0 Å². The van der Waals surface area contributed by atoms with Crippen molar-refractivity contribution in [1.82, 2.24) is 5.32 Å². The minimum Gasteiger partial charge on any atom is -0.344 e. The van der Waals surface area contributed by atoms with Gasteiger partial charge in [0.15, 0.2) is 0 Å². The molecule has 0 aliphatic rings. The van der Waals surface area contributed by atoms with Gasteiger partial charge in [-0.1, -0.05) is 44.2 Å². The molecule has 0 spiro atoms. The maximum absolute atomic E-state index is 3.41. The van der Waals surface area contributed by atoms with Crippen molar-refractivity contribution in [3.63, 3.8) is 0 Å². The molecular formula is C19H26N2. The Morgan fingerprint density at radius 3 is 2.24 bits per heavy atom. The third-order valence-electron chi connectivity index (χ3n) is 4.16. The second kappa shape index (κ2) is 7.28. The molecular weight excluding hydrogens is 256 g/mol. The zero-order chi connectivity index (χ0) is 15.2. The Hall–Kier alpha value is -1.80. The molecule has 0 saturated carbocycles. The monoisotopic (exact) mass is 282 g/mol. The minimum atomic E-state index is 0.388. The third-order valence-corrected chi connectivity index (χ3v) is 4.16. The molecule has 0 amide bonds. The number of hydrogen-bond acceptors (Lipinski definition) is 2. The Labute approximate surface area is 128 Å². The van der Waals surface area contributed by atoms with Gasteiger partial charge in [0.05, 0.1) is 0 Å². The van der Waals surface area contributed by atoms with Crippen molar-refractivity contribution < 1.29 is 0 Å². The van der Waals surface area contributed by atoms with E-state index in [1.807, 2.05) is 7.05 Å². The summed E-state index contributed by atoms with van der Waals surface area (Å²) < 4.78 is 0. The number of anilines is 2. The van der Waals surface area contributed by atoms with Crippen LogP contribution in [0.25, 0.3) is 0 Å². The highest BCUT2D eigenvalue weighted by Gasteiger charge is 2.14. The maximum Gasteiger partial charge on any atom is 0.0456 e. The summed E-state index contributed by atoms with van der Waals surface area (Å²) in [6.07, 6.45) is 2.16. The van der Waals surface area contributed by atoms with Crippen LogP contribution in [0.2, 0.25) is 0 Å². The zero-order valence-electron chi connectivity index (χ0n) is 13.6. The van der Waals surface area contributed by atoms with E-state index >= 15 is 0 Å². The molecule has 0 radical (unpaired) electrons. The van der Waals surface area contributed by atoms with E-state index in [1.165, 1.54) is 22.5 Å². The van der Waals surface area contributed by atoms with Gasteiger partial charge >= 0.3 is 0 Å². The highest BCUT2D eigenvalue weighted by atomic mass is 15.1. The number of hydrogen-bond donors (Lipinski definition) is 1. The second-order valence-corrected chi connectivity index (χ2v) is 5.39. The van der Waals surface area contributed by atoms with E-state index in [2.05, 4.69) is 79.6 Å². The van der Waals surface area contributed by atoms with Crippen LogP contribution in [-0.4, -0.2) is 14.1 Å². The number of nitrogens with one attached hydrogen (secondary N) is 1. The Bertz CT molecular complexity index is 556. The highest BCUT2D eigenvalue weighted by molar-refractivity contribution is 5.66. The SMILES string of the molecule is CCc1ccc(N(C)c2ccccc2C(CC)NC)cc1. The molecule has 21 heavy (non-hydrogen) atoms. The van der Waals surface area contributed by atoms with Gasteiger partial charge in [-0.25, -0.2) is 0 Å². The fraction of sp³-hybridized carbons (Fsp3) is 0.368. The summed E-state index contributed by atoms with van der Waals surface area (Å²) >= 11 is 0. The van der Waals surface area contributed by atoms with Crippen molar-refractivity contribution in [2.75, 3.05) is 19.0 Å². The predicted octanol–water partition coefficient (Wildman–Crippen LogP) is 4.69. The molecule has 2 heteroatoms. The summed E-state index contributed by atoms with van der Waals surface area (Å²) in [5, 5.41) is 3.41. The van der Waals surface area contributed by atoms with Gasteiger partial charge in [-0.3, -0.25) is 0 Å². The molecule has 0 bridgehead atoms. The lowest BCUT2D eigenvalue weighted by Gasteiger charge is -2.26. The molecule has 2 nitrogen and oxygen atoms in total. The Morgan fingerprint density at radius 1 is 1.00 bits per heavy atom. The fourth-order valence-corrected chi connectivity index (χ4v) is 2.76. The van der Waals surface area contributed by atoms with Crippen LogP contribution in [0.4, 0.5) is 11.4 Å². The van der Waals surface area contributed by atoms with E-state index in [0.717, 1.165) is 12.8 Å². The Morgan fingerprint density at radius 2 is 1.67 bits per heavy atom. The van der Waals surface area contributed by atoms with Crippen LogP contribution >= 0.6 is 0 Å². The van der Waals surface area contributed by atoms with Gasteiger partial charge in [0, 0.05) is 24.5 Å². The highest BCUT2D eigenvalue weighted by Crippen LogP contribution is 2.31.